The number of nitrogen functional groups attached to an aromatic ring is 1. The summed E-state index contributed by atoms with van der Waals surface area (Å²) in [5.41, 5.74) is 12.1. The molecule has 8 rings (SSSR count). The lowest BCUT2D eigenvalue weighted by atomic mass is 9.79. The Balaban J connectivity index is 0.00000403. The van der Waals surface area contributed by atoms with Crippen LogP contribution in [0, 0.1) is 5.92 Å². The van der Waals surface area contributed by atoms with Crippen molar-refractivity contribution in [3.8, 4) is 0 Å². The number of anilines is 2. The second-order valence-corrected chi connectivity index (χ2v) is 37.5. The molecular weight excluding hydrogens is 1600 g/mol. The first-order chi connectivity index (χ1) is 50.6. The van der Waals surface area contributed by atoms with Gasteiger partial charge in [-0.05, 0) is 136 Å². The van der Waals surface area contributed by atoms with Crippen LogP contribution >= 0.6 is 23.5 Å². The predicted molar refractivity (Wildman–Crippen MR) is 393 cm³/mol. The fourth-order valence-electron chi connectivity index (χ4n) is 13.3. The number of unbranched alkanes of at least 4 members (excludes halogenated alkanes) is 6. The maximum Gasteiger partial charge on any atom is 0.490 e. The number of aliphatic hydroxyl groups excluding tert-OH is 1. The number of carbonyl (C=O) groups excluding carboxylic acids is 2. The number of carbonyl (C=O) groups is 2. The minimum Gasteiger partial charge on any atom is -0.748 e. The monoisotopic (exact) mass is 1690 g/mol. The van der Waals surface area contributed by atoms with Gasteiger partial charge in [-0.3, -0.25) is 36.9 Å². The van der Waals surface area contributed by atoms with Gasteiger partial charge in [0.1, 0.15) is 35.4 Å². The summed E-state index contributed by atoms with van der Waals surface area (Å²) in [6.45, 7) is 6.95. The van der Waals surface area contributed by atoms with Crippen LogP contribution in [-0.4, -0.2) is 173 Å². The smallest absolute Gasteiger partial charge is 0.490 e. The first-order valence-electron chi connectivity index (χ1n) is 33.7. The Morgan fingerprint density at radius 2 is 1.40 bits per heavy atom. The van der Waals surface area contributed by atoms with Crippen molar-refractivity contribution in [2.45, 2.75) is 162 Å². The maximum atomic E-state index is 13.6. The van der Waals surface area contributed by atoms with E-state index < -0.39 is 144 Å². The molecular formula is C64H86N7O30P3S5. The lowest BCUT2D eigenvalue weighted by Crippen LogP contribution is -2.33. The standard InChI is InChI=1S/C64H86N7O27P3S4.O3S/c1-63(2)55(70(32-17-35-102(82,83)84)50-26-23-42-22-24-45(103(85,86)87)37-48(42)59(50)63)20-10-7-11-21-56-64(3,4)60-49-38-46(104(88,89)90)39-54(105(91,92)93)47(49)25-27-51(60)69(56)31-15-8-9-19-44(72)36-43(18-12-13-29-65)61(74)67-30-14-5-6-16-34-94-99(76,77)97-101(80,81)98-100(78,79)95-41-53-52(73)40-58(96-53)71-33-28-57(66)68-62(71)75;1-4(2)3/h7,10-11,20-28,33,37-39,43,52-53,58,73H,5-6,8-9,12-19,29-32,34-36,40-41,65H2,1-4H3,(H9-,66,67,68,74,75,76,77,78,79,80,81,82,83,84,85,86,87,88,89,90,91,92,93);/t43?,52-,53-,58-;/m1./s1. The lowest BCUT2D eigenvalue weighted by Gasteiger charge is -2.27. The molecule has 0 spiro atoms. The number of ether oxygens (including phenoxy) is 1. The Morgan fingerprint density at radius 1 is 0.761 bits per heavy atom. The zero-order valence-corrected chi connectivity index (χ0v) is 66.0. The van der Waals surface area contributed by atoms with E-state index in [1.54, 1.807) is 54.6 Å². The van der Waals surface area contributed by atoms with Crippen molar-refractivity contribution in [1.29, 1.82) is 0 Å². The highest BCUT2D eigenvalue weighted by Crippen LogP contribution is 2.68. The molecule has 0 radical (unpaired) electrons. The van der Waals surface area contributed by atoms with Crippen molar-refractivity contribution in [3.05, 3.63) is 125 Å². The number of nitrogens with zero attached hydrogens (tertiary/aromatic N) is 4. The zero-order valence-electron chi connectivity index (χ0n) is 59.2. The van der Waals surface area contributed by atoms with Crippen molar-refractivity contribution in [2.75, 3.05) is 55.8 Å². The number of phosphoric acid groups is 3. The van der Waals surface area contributed by atoms with E-state index in [1.807, 2.05) is 37.2 Å². The summed E-state index contributed by atoms with van der Waals surface area (Å²) in [5, 5.41) is 14.5. The number of fused-ring (bicyclic) bond motifs is 6. The molecule has 12 N–H and O–H groups in total. The number of aromatic nitrogens is 2. The molecule has 0 aliphatic carbocycles. The third-order valence-corrected chi connectivity index (χ3v) is 25.7. The highest BCUT2D eigenvalue weighted by Gasteiger charge is 2.48. The summed E-state index contributed by atoms with van der Waals surface area (Å²) in [7, 11) is -39.2. The number of amides is 1. The number of benzene rings is 4. The van der Waals surface area contributed by atoms with Crippen LogP contribution in [0.3, 0.4) is 0 Å². The number of nitrogens with one attached hydrogen (secondary N) is 1. The summed E-state index contributed by atoms with van der Waals surface area (Å²) in [6, 6.07) is 13.9. The topological polar surface area (TPSA) is 589 Å². The molecule has 3 aliphatic rings. The second kappa shape index (κ2) is 37.0. The molecule has 4 aromatic carbocycles. The molecule has 37 nitrogen and oxygen atoms in total. The number of Topliss-reactive ketones (excluding diaryl/α,β-unsaturated/α-hetero) is 1. The van der Waals surface area contributed by atoms with E-state index in [2.05, 4.69) is 23.4 Å². The number of ketones is 1. The zero-order chi connectivity index (χ0) is 81.0. The Labute approximate surface area is 630 Å². The molecule has 1 fully saturated rings. The Hall–Kier alpha value is -6.54. The molecule has 5 aromatic rings. The molecule has 0 saturated carbocycles. The quantitative estimate of drug-likeness (QED) is 0.00648. The van der Waals surface area contributed by atoms with E-state index in [0.29, 0.717) is 122 Å². The van der Waals surface area contributed by atoms with Gasteiger partial charge in [0.15, 0.2) is 5.71 Å². The Bertz CT molecular complexity index is 5210. The van der Waals surface area contributed by atoms with Crippen molar-refractivity contribution in [2.24, 2.45) is 11.7 Å². The first kappa shape index (κ1) is 89.7. The van der Waals surface area contributed by atoms with Gasteiger partial charge in [0.2, 0.25) is 11.6 Å². The largest absolute Gasteiger partial charge is 0.748 e. The summed E-state index contributed by atoms with van der Waals surface area (Å²) in [6.07, 6.45) is 10.2. The number of aliphatic hydroxyl groups is 1. The van der Waals surface area contributed by atoms with Gasteiger partial charge in [-0.2, -0.15) is 43.4 Å². The molecule has 1 saturated heterocycles. The van der Waals surface area contributed by atoms with Gasteiger partial charge in [0, 0.05) is 96.5 Å². The molecule has 4 heterocycles. The number of rotatable bonds is 39. The molecule has 602 valence electrons. The minimum absolute atomic E-state index is 0.0277. The average Bonchev–Trinajstić information content (AvgIpc) is 1.58. The predicted octanol–water partition coefficient (Wildman–Crippen LogP) is 6.63. The van der Waals surface area contributed by atoms with Crippen LogP contribution in [0.1, 0.15) is 135 Å². The minimum atomic E-state index is -5.84. The van der Waals surface area contributed by atoms with Crippen LogP contribution in [-0.2, 0) is 108 Å². The molecule has 4 unspecified atom stereocenters. The number of allylic oxidation sites excluding steroid dienone is 6. The van der Waals surface area contributed by atoms with Crippen LogP contribution in [0.5, 0.6) is 0 Å². The average molecular weight is 1690 g/mol. The van der Waals surface area contributed by atoms with Gasteiger partial charge < -0.3 is 50.8 Å². The summed E-state index contributed by atoms with van der Waals surface area (Å²) in [4.78, 5) is 73.1. The molecule has 7 atom stereocenters. The third kappa shape index (κ3) is 24.7. The highest BCUT2D eigenvalue weighted by molar-refractivity contribution is 7.87. The SMILES string of the molecule is CC1(C)C(=CC=CC=CC2=[N+](CCCCCC(=O)CC(CCCCN)C(=O)NCCCCCCOP(=O)(O)OP(=O)(O)OP(=O)(O)OC[C@H]3O[C@@H](n4ccc(N)nc4=O)C[C@H]3O)c3ccc4c(S(=O)(=O)O)cc(S(=O)(=O)O)cc4c3C2(C)C)N(CCCS(=O)(=O)[O-])c2ccc3ccc(S(=O)(=O)O)cc3c21.O=S(=O)=O. The highest BCUT2D eigenvalue weighted by atomic mass is 32.2. The lowest BCUT2D eigenvalue weighted by molar-refractivity contribution is -0.438. The molecule has 0 bridgehead atoms. The van der Waals surface area contributed by atoms with Crippen LogP contribution < -0.4 is 27.4 Å². The summed E-state index contributed by atoms with van der Waals surface area (Å²) < 4.78 is 230. The number of phosphoric ester groups is 2. The van der Waals surface area contributed by atoms with Gasteiger partial charge in [-0.1, -0.05) is 63.5 Å². The van der Waals surface area contributed by atoms with E-state index >= 15 is 0 Å². The maximum absolute atomic E-state index is 13.6. The fourth-order valence-corrected chi connectivity index (χ4v) is 19.1. The summed E-state index contributed by atoms with van der Waals surface area (Å²) >= 11 is 0. The van der Waals surface area contributed by atoms with Crippen molar-refractivity contribution < 1.29 is 135 Å². The number of hydrogen-bond donors (Lipinski definition) is 10. The molecule has 109 heavy (non-hydrogen) atoms. The van der Waals surface area contributed by atoms with E-state index in [4.69, 9.17) is 33.4 Å². The third-order valence-electron chi connectivity index (χ3n) is 18.1. The second-order valence-electron chi connectivity index (χ2n) is 26.7. The van der Waals surface area contributed by atoms with E-state index in [1.165, 1.54) is 30.5 Å². The van der Waals surface area contributed by atoms with E-state index in [-0.39, 0.29) is 78.4 Å². The first-order valence-corrected chi connectivity index (χ1v) is 45.1. The van der Waals surface area contributed by atoms with Gasteiger partial charge in [-0.15, -0.1) is 12.6 Å². The normalized spacial score (nSPS) is 19.6. The Kier molecular flexibility index (Phi) is 30.4. The fraction of sp³-hybridized carbons (Fsp3) is 0.484. The van der Waals surface area contributed by atoms with Gasteiger partial charge >= 0.3 is 39.8 Å². The van der Waals surface area contributed by atoms with Crippen LogP contribution in [0.4, 0.5) is 17.2 Å². The van der Waals surface area contributed by atoms with Gasteiger partial charge in [0.25, 0.3) is 30.4 Å². The molecule has 45 heteroatoms. The Morgan fingerprint density at radius 3 is 2.05 bits per heavy atom. The number of nitrogens with two attached hydrogens (primary N) is 2. The molecule has 1 amide bonds. The van der Waals surface area contributed by atoms with E-state index in [0.717, 1.165) is 10.6 Å². The van der Waals surface area contributed by atoms with Crippen molar-refractivity contribution in [1.82, 2.24) is 14.9 Å². The van der Waals surface area contributed by atoms with E-state index in [9.17, 15) is 99.7 Å². The van der Waals surface area contributed by atoms with Crippen LogP contribution in [0.15, 0.2) is 122 Å². The molecule has 1 aromatic heterocycles. The van der Waals surface area contributed by atoms with Gasteiger partial charge in [-0.25, -0.2) is 26.9 Å². The van der Waals surface area contributed by atoms with Crippen molar-refractivity contribution in [3.63, 3.8) is 0 Å². The van der Waals surface area contributed by atoms with Crippen LogP contribution in [0.2, 0.25) is 0 Å². The molecule has 3 aliphatic heterocycles. The summed E-state index contributed by atoms with van der Waals surface area (Å²) in [5.74, 6) is -1.94. The number of hydrogen-bond acceptors (Lipinski definition) is 28. The van der Waals surface area contributed by atoms with Crippen LogP contribution in [0.25, 0.3) is 21.5 Å². The van der Waals surface area contributed by atoms with Gasteiger partial charge in [0.05, 0.1) is 44.6 Å². The van der Waals surface area contributed by atoms with Crippen molar-refractivity contribution >= 4 is 131 Å².